The normalized spacial score (nSPS) is 10.8. The lowest BCUT2D eigenvalue weighted by Crippen LogP contribution is -1.86. The van der Waals surface area contributed by atoms with Gasteiger partial charge in [0.1, 0.15) is 17.2 Å². The number of non-ortho nitro benzene ring substituents is 1. The first-order valence-corrected chi connectivity index (χ1v) is 5.68. The molecule has 0 fully saturated rings. The van der Waals surface area contributed by atoms with Crippen molar-refractivity contribution < 1.29 is 9.34 Å². The first-order chi connectivity index (χ1) is 9.15. The van der Waals surface area contributed by atoms with E-state index in [1.807, 2.05) is 0 Å². The summed E-state index contributed by atoms with van der Waals surface area (Å²) >= 11 is 5.92. The van der Waals surface area contributed by atoms with Crippen LogP contribution in [0.2, 0.25) is 5.15 Å². The van der Waals surface area contributed by atoms with E-state index in [-0.39, 0.29) is 5.69 Å². The van der Waals surface area contributed by atoms with Gasteiger partial charge in [0, 0.05) is 17.7 Å². The molecule has 0 N–H and O–H groups in total. The lowest BCUT2D eigenvalue weighted by molar-refractivity contribution is -0.384. The van der Waals surface area contributed by atoms with Crippen molar-refractivity contribution in [2.24, 2.45) is 0 Å². The third-order valence-electron chi connectivity index (χ3n) is 2.64. The molecule has 3 aromatic rings. The average Bonchev–Trinajstić information content (AvgIpc) is 2.84. The molecule has 94 valence electrons. The summed E-state index contributed by atoms with van der Waals surface area (Å²) in [6, 6.07) is 7.75. The van der Waals surface area contributed by atoms with Crippen LogP contribution < -0.4 is 0 Å². The molecule has 0 aliphatic carbocycles. The van der Waals surface area contributed by atoms with Gasteiger partial charge in [0.15, 0.2) is 0 Å². The number of hydrogen-bond donors (Lipinski definition) is 0. The van der Waals surface area contributed by atoms with Gasteiger partial charge in [-0.1, -0.05) is 11.6 Å². The first-order valence-electron chi connectivity index (χ1n) is 5.30. The fourth-order valence-corrected chi connectivity index (χ4v) is 1.90. The van der Waals surface area contributed by atoms with Gasteiger partial charge in [-0.25, -0.2) is 9.97 Å². The molecule has 0 amide bonds. The molecule has 0 spiro atoms. The van der Waals surface area contributed by atoms with E-state index in [4.69, 9.17) is 16.0 Å². The summed E-state index contributed by atoms with van der Waals surface area (Å²) in [5.41, 5.74) is 1.12. The van der Waals surface area contributed by atoms with Gasteiger partial charge in [0.25, 0.3) is 5.69 Å². The Morgan fingerprint density at radius 1 is 1.21 bits per heavy atom. The highest BCUT2D eigenvalue weighted by atomic mass is 35.5. The second-order valence-electron chi connectivity index (χ2n) is 3.80. The number of rotatable bonds is 2. The van der Waals surface area contributed by atoms with Crippen LogP contribution in [-0.2, 0) is 0 Å². The van der Waals surface area contributed by atoms with E-state index in [1.54, 1.807) is 18.2 Å². The minimum absolute atomic E-state index is 0.0256. The lowest BCUT2D eigenvalue weighted by atomic mass is 10.1. The molecular formula is C12H6ClN3O3. The number of aromatic nitrogens is 2. The van der Waals surface area contributed by atoms with Crippen molar-refractivity contribution in [1.29, 1.82) is 0 Å². The van der Waals surface area contributed by atoms with E-state index in [0.717, 1.165) is 0 Å². The molecule has 0 unspecified atom stereocenters. The van der Waals surface area contributed by atoms with E-state index >= 15 is 0 Å². The van der Waals surface area contributed by atoms with Crippen molar-refractivity contribution in [2.75, 3.05) is 0 Å². The number of furan rings is 1. The van der Waals surface area contributed by atoms with Crippen molar-refractivity contribution in [3.63, 3.8) is 0 Å². The van der Waals surface area contributed by atoms with Crippen molar-refractivity contribution in [3.8, 4) is 11.3 Å². The van der Waals surface area contributed by atoms with Crippen LogP contribution in [0.15, 0.2) is 41.1 Å². The quantitative estimate of drug-likeness (QED) is 0.406. The zero-order chi connectivity index (χ0) is 13.4. The van der Waals surface area contributed by atoms with Gasteiger partial charge in [-0.2, -0.15) is 0 Å². The van der Waals surface area contributed by atoms with Crippen molar-refractivity contribution in [1.82, 2.24) is 9.97 Å². The molecule has 7 heteroatoms. The first kappa shape index (κ1) is 11.6. The average molecular weight is 276 g/mol. The topological polar surface area (TPSA) is 82.1 Å². The van der Waals surface area contributed by atoms with Gasteiger partial charge >= 0.3 is 0 Å². The predicted octanol–water partition coefficient (Wildman–Crippen LogP) is 3.45. The number of halogens is 1. The monoisotopic (exact) mass is 275 g/mol. The second-order valence-corrected chi connectivity index (χ2v) is 4.16. The minimum atomic E-state index is -0.454. The Labute approximate surface area is 111 Å². The van der Waals surface area contributed by atoms with Gasteiger partial charge in [-0.3, -0.25) is 10.1 Å². The number of nitrogens with zero attached hydrogens (tertiary/aromatic N) is 3. The summed E-state index contributed by atoms with van der Waals surface area (Å²) in [5.74, 6) is 0.535. The number of benzene rings is 1. The Morgan fingerprint density at radius 3 is 2.58 bits per heavy atom. The summed E-state index contributed by atoms with van der Waals surface area (Å²) in [4.78, 5) is 17.9. The van der Waals surface area contributed by atoms with Gasteiger partial charge in [-0.15, -0.1) is 0 Å². The maximum Gasteiger partial charge on any atom is 0.269 e. The molecule has 0 saturated carbocycles. The molecule has 2 heterocycles. The summed E-state index contributed by atoms with van der Waals surface area (Å²) < 4.78 is 5.53. The highest BCUT2D eigenvalue weighted by Gasteiger charge is 2.12. The standard InChI is InChI=1S/C12H6ClN3O3/c13-11-9-5-10(19-12(9)15-6-14-11)7-1-3-8(4-2-7)16(17)18/h1-6H. The number of hydrogen-bond acceptors (Lipinski definition) is 5. The molecule has 19 heavy (non-hydrogen) atoms. The SMILES string of the molecule is O=[N+]([O-])c1ccc(-c2cc3c(Cl)ncnc3o2)cc1. The number of nitro benzene ring substituents is 1. The van der Waals surface area contributed by atoms with E-state index in [0.29, 0.717) is 27.6 Å². The van der Waals surface area contributed by atoms with Gasteiger partial charge in [0.05, 0.1) is 10.3 Å². The van der Waals surface area contributed by atoms with E-state index in [9.17, 15) is 10.1 Å². The maximum absolute atomic E-state index is 10.6. The minimum Gasteiger partial charge on any atom is -0.438 e. The van der Waals surface area contributed by atoms with Crippen molar-refractivity contribution >= 4 is 28.4 Å². The molecule has 0 atom stereocenters. The summed E-state index contributed by atoms with van der Waals surface area (Å²) in [6.07, 6.45) is 1.31. The smallest absolute Gasteiger partial charge is 0.269 e. The Bertz CT molecular complexity index is 767. The predicted molar refractivity (Wildman–Crippen MR) is 68.9 cm³/mol. The molecule has 3 rings (SSSR count). The Hall–Kier alpha value is -2.47. The highest BCUT2D eigenvalue weighted by molar-refractivity contribution is 6.33. The van der Waals surface area contributed by atoms with Crippen LogP contribution in [0.3, 0.4) is 0 Å². The Balaban J connectivity index is 2.09. The number of nitro groups is 1. The van der Waals surface area contributed by atoms with E-state index in [1.165, 1.54) is 18.5 Å². The van der Waals surface area contributed by atoms with E-state index < -0.39 is 4.92 Å². The lowest BCUT2D eigenvalue weighted by Gasteiger charge is -1.95. The third kappa shape index (κ3) is 2.02. The van der Waals surface area contributed by atoms with Crippen LogP contribution in [0.4, 0.5) is 5.69 Å². The van der Waals surface area contributed by atoms with Crippen LogP contribution in [-0.4, -0.2) is 14.9 Å². The molecule has 2 aromatic heterocycles. The van der Waals surface area contributed by atoms with Crippen LogP contribution in [0.25, 0.3) is 22.4 Å². The molecule has 1 aromatic carbocycles. The third-order valence-corrected chi connectivity index (χ3v) is 2.94. The fourth-order valence-electron chi connectivity index (χ4n) is 1.72. The van der Waals surface area contributed by atoms with Crippen LogP contribution in [0.1, 0.15) is 0 Å². The number of fused-ring (bicyclic) bond motifs is 1. The van der Waals surface area contributed by atoms with Crippen molar-refractivity contribution in [2.45, 2.75) is 0 Å². The molecule has 6 nitrogen and oxygen atoms in total. The maximum atomic E-state index is 10.6. The molecule has 0 bridgehead atoms. The fraction of sp³-hybridized carbons (Fsp3) is 0. The highest BCUT2D eigenvalue weighted by Crippen LogP contribution is 2.30. The largest absolute Gasteiger partial charge is 0.438 e. The van der Waals surface area contributed by atoms with Crippen molar-refractivity contribution in [3.05, 3.63) is 51.9 Å². The van der Waals surface area contributed by atoms with E-state index in [2.05, 4.69) is 9.97 Å². The summed E-state index contributed by atoms with van der Waals surface area (Å²) in [6.45, 7) is 0. The summed E-state index contributed by atoms with van der Waals surface area (Å²) in [7, 11) is 0. The Kier molecular flexibility index (Phi) is 2.64. The van der Waals surface area contributed by atoms with Crippen LogP contribution >= 0.6 is 11.6 Å². The zero-order valence-electron chi connectivity index (χ0n) is 9.41. The van der Waals surface area contributed by atoms with Crippen LogP contribution in [0, 0.1) is 10.1 Å². The van der Waals surface area contributed by atoms with Gasteiger partial charge in [0.2, 0.25) is 5.71 Å². The molecule has 0 aliphatic rings. The second kappa shape index (κ2) is 4.33. The van der Waals surface area contributed by atoms with Crippen LogP contribution in [0.5, 0.6) is 0 Å². The van der Waals surface area contributed by atoms with Gasteiger partial charge in [-0.05, 0) is 18.2 Å². The van der Waals surface area contributed by atoms with Gasteiger partial charge < -0.3 is 4.42 Å². The molecule has 0 aliphatic heterocycles. The molecule has 0 radical (unpaired) electrons. The molecule has 0 saturated heterocycles. The zero-order valence-corrected chi connectivity index (χ0v) is 10.2. The molecular weight excluding hydrogens is 270 g/mol. The summed E-state index contributed by atoms with van der Waals surface area (Å²) in [5, 5.41) is 11.5. The Morgan fingerprint density at radius 2 is 1.95 bits per heavy atom.